The Morgan fingerprint density at radius 3 is 2.43 bits per heavy atom. The fraction of sp³-hybridized carbons (Fsp3) is 0.222. The van der Waals surface area contributed by atoms with E-state index in [1.54, 1.807) is 30.3 Å². The number of carboxylic acid groups (broad SMARTS) is 1. The molecule has 0 aliphatic carbocycles. The van der Waals surface area contributed by atoms with Gasteiger partial charge in [-0.15, -0.1) is 0 Å². The lowest BCUT2D eigenvalue weighted by molar-refractivity contribution is 0.0696. The van der Waals surface area contributed by atoms with Crippen molar-refractivity contribution in [3.63, 3.8) is 0 Å². The Morgan fingerprint density at radius 1 is 1.13 bits per heavy atom. The predicted octanol–water partition coefficient (Wildman–Crippen LogP) is 3.81. The molecule has 0 heterocycles. The van der Waals surface area contributed by atoms with Crippen LogP contribution in [0.5, 0.6) is 5.75 Å². The van der Waals surface area contributed by atoms with E-state index in [0.29, 0.717) is 17.0 Å². The summed E-state index contributed by atoms with van der Waals surface area (Å²) in [5.74, 6) is -0.631. The molecular weight excluding hydrogens is 294 g/mol. The molecule has 2 rings (SSSR count). The molecule has 1 amide bonds. The number of amides is 1. The smallest absolute Gasteiger partial charge is 0.335 e. The second-order valence-electron chi connectivity index (χ2n) is 5.20. The summed E-state index contributed by atoms with van der Waals surface area (Å²) in [4.78, 5) is 23.1. The van der Waals surface area contributed by atoms with Crippen molar-refractivity contribution in [2.75, 3.05) is 5.32 Å². The van der Waals surface area contributed by atoms with Crippen molar-refractivity contribution in [1.82, 2.24) is 0 Å². The first-order valence-electron chi connectivity index (χ1n) is 7.41. The van der Waals surface area contributed by atoms with Crippen molar-refractivity contribution in [3.05, 3.63) is 59.7 Å². The van der Waals surface area contributed by atoms with E-state index < -0.39 is 5.97 Å². The Hall–Kier alpha value is -2.82. The van der Waals surface area contributed by atoms with Crippen LogP contribution in [0.4, 0.5) is 5.69 Å². The molecule has 5 heteroatoms. The van der Waals surface area contributed by atoms with Crippen molar-refractivity contribution in [1.29, 1.82) is 0 Å². The van der Waals surface area contributed by atoms with Crippen LogP contribution in [0.2, 0.25) is 0 Å². The third-order valence-corrected chi connectivity index (χ3v) is 3.40. The lowest BCUT2D eigenvalue weighted by atomic mass is 10.1. The molecule has 0 aliphatic rings. The standard InChI is InChI=1S/C18H19NO4/c1-3-12(2)23-16-6-4-5-14(11-16)17(20)19-15-9-7-13(8-10-15)18(21)22/h4-12H,3H2,1-2H3,(H,19,20)(H,21,22)/t12-/m0/s1. The largest absolute Gasteiger partial charge is 0.491 e. The predicted molar refractivity (Wildman–Crippen MR) is 88.2 cm³/mol. The lowest BCUT2D eigenvalue weighted by Gasteiger charge is -2.13. The highest BCUT2D eigenvalue weighted by atomic mass is 16.5. The van der Waals surface area contributed by atoms with Crippen LogP contribution in [0.25, 0.3) is 0 Å². The van der Waals surface area contributed by atoms with E-state index in [2.05, 4.69) is 5.32 Å². The van der Waals surface area contributed by atoms with Gasteiger partial charge in [0, 0.05) is 11.3 Å². The number of anilines is 1. The molecule has 5 nitrogen and oxygen atoms in total. The number of carbonyl (C=O) groups excluding carboxylic acids is 1. The maximum absolute atomic E-state index is 12.3. The van der Waals surface area contributed by atoms with E-state index in [1.165, 1.54) is 12.1 Å². The average molecular weight is 313 g/mol. The number of nitrogens with one attached hydrogen (secondary N) is 1. The normalized spacial score (nSPS) is 11.6. The van der Waals surface area contributed by atoms with Gasteiger partial charge in [-0.25, -0.2) is 4.79 Å². The van der Waals surface area contributed by atoms with E-state index in [0.717, 1.165) is 6.42 Å². The molecule has 0 radical (unpaired) electrons. The Bertz CT molecular complexity index is 694. The van der Waals surface area contributed by atoms with Crippen molar-refractivity contribution in [2.45, 2.75) is 26.4 Å². The van der Waals surface area contributed by atoms with Gasteiger partial charge < -0.3 is 15.2 Å². The summed E-state index contributed by atoms with van der Waals surface area (Å²) in [6.07, 6.45) is 0.962. The molecule has 0 fully saturated rings. The molecular formula is C18H19NO4. The van der Waals surface area contributed by atoms with Gasteiger partial charge in [-0.1, -0.05) is 13.0 Å². The minimum absolute atomic E-state index is 0.0804. The highest BCUT2D eigenvalue weighted by Gasteiger charge is 2.09. The minimum atomic E-state index is -1.00. The molecule has 1 atom stereocenters. The van der Waals surface area contributed by atoms with E-state index in [9.17, 15) is 9.59 Å². The molecule has 0 bridgehead atoms. The van der Waals surface area contributed by atoms with Gasteiger partial charge in [0.05, 0.1) is 11.7 Å². The number of carbonyl (C=O) groups is 2. The quantitative estimate of drug-likeness (QED) is 0.850. The second-order valence-corrected chi connectivity index (χ2v) is 5.20. The molecule has 0 saturated heterocycles. The first kappa shape index (κ1) is 16.5. The molecule has 2 aromatic rings. The van der Waals surface area contributed by atoms with Gasteiger partial charge >= 0.3 is 5.97 Å². The number of hydrogen-bond acceptors (Lipinski definition) is 3. The highest BCUT2D eigenvalue weighted by molar-refractivity contribution is 6.04. The van der Waals surface area contributed by atoms with E-state index >= 15 is 0 Å². The van der Waals surface area contributed by atoms with Crippen molar-refractivity contribution in [3.8, 4) is 5.75 Å². The number of benzene rings is 2. The molecule has 120 valence electrons. The summed E-state index contributed by atoms with van der Waals surface area (Å²) >= 11 is 0. The fourth-order valence-electron chi connectivity index (χ4n) is 1.93. The van der Waals surface area contributed by atoms with Crippen LogP contribution >= 0.6 is 0 Å². The zero-order chi connectivity index (χ0) is 16.8. The Labute approximate surface area is 134 Å². The van der Waals surface area contributed by atoms with Crippen LogP contribution in [-0.2, 0) is 0 Å². The van der Waals surface area contributed by atoms with Gasteiger partial charge in [-0.3, -0.25) is 4.79 Å². The SMILES string of the molecule is CC[C@H](C)Oc1cccc(C(=O)Nc2ccc(C(=O)O)cc2)c1. The van der Waals surface area contributed by atoms with Crippen LogP contribution < -0.4 is 10.1 Å². The summed E-state index contributed by atoms with van der Waals surface area (Å²) in [5.41, 5.74) is 1.19. The van der Waals surface area contributed by atoms with E-state index in [1.807, 2.05) is 19.9 Å². The van der Waals surface area contributed by atoms with Gasteiger partial charge in [0.1, 0.15) is 5.75 Å². The summed E-state index contributed by atoms with van der Waals surface area (Å²) in [7, 11) is 0. The summed E-state index contributed by atoms with van der Waals surface area (Å²) < 4.78 is 5.70. The van der Waals surface area contributed by atoms with Gasteiger partial charge in [0.2, 0.25) is 0 Å². The van der Waals surface area contributed by atoms with Crippen LogP contribution in [0.3, 0.4) is 0 Å². The summed E-state index contributed by atoms with van der Waals surface area (Å²) in [5, 5.41) is 11.6. The third-order valence-electron chi connectivity index (χ3n) is 3.40. The maximum Gasteiger partial charge on any atom is 0.335 e. The number of hydrogen-bond donors (Lipinski definition) is 2. The lowest BCUT2D eigenvalue weighted by Crippen LogP contribution is -2.13. The Kier molecular flexibility index (Phi) is 5.36. The number of rotatable bonds is 6. The fourth-order valence-corrected chi connectivity index (χ4v) is 1.93. The van der Waals surface area contributed by atoms with Crippen molar-refractivity contribution < 1.29 is 19.4 Å². The summed E-state index contributed by atoms with van der Waals surface area (Å²) in [6.45, 7) is 4.00. The first-order valence-corrected chi connectivity index (χ1v) is 7.41. The van der Waals surface area contributed by atoms with Crippen LogP contribution in [0.15, 0.2) is 48.5 Å². The van der Waals surface area contributed by atoms with Gasteiger partial charge in [0.15, 0.2) is 0 Å². The Balaban J connectivity index is 2.08. The third kappa shape index (κ3) is 4.57. The number of carboxylic acids is 1. The highest BCUT2D eigenvalue weighted by Crippen LogP contribution is 2.17. The molecule has 2 aromatic carbocycles. The van der Waals surface area contributed by atoms with Gasteiger partial charge in [0.25, 0.3) is 5.91 Å². The average Bonchev–Trinajstić information content (AvgIpc) is 2.55. The second kappa shape index (κ2) is 7.45. The van der Waals surface area contributed by atoms with Crippen molar-refractivity contribution in [2.24, 2.45) is 0 Å². The molecule has 0 unspecified atom stereocenters. The van der Waals surface area contributed by atoms with E-state index in [-0.39, 0.29) is 17.6 Å². The molecule has 2 N–H and O–H groups in total. The molecule has 0 saturated carbocycles. The zero-order valence-electron chi connectivity index (χ0n) is 13.1. The van der Waals surface area contributed by atoms with Crippen molar-refractivity contribution >= 4 is 17.6 Å². The molecule has 23 heavy (non-hydrogen) atoms. The summed E-state index contributed by atoms with van der Waals surface area (Å²) in [6, 6.07) is 13.0. The topological polar surface area (TPSA) is 75.6 Å². The van der Waals surface area contributed by atoms with Crippen LogP contribution in [0, 0.1) is 0 Å². The maximum atomic E-state index is 12.3. The molecule has 0 aliphatic heterocycles. The number of ether oxygens (including phenoxy) is 1. The van der Waals surface area contributed by atoms with Gasteiger partial charge in [-0.2, -0.15) is 0 Å². The minimum Gasteiger partial charge on any atom is -0.491 e. The number of aromatic carboxylic acids is 1. The Morgan fingerprint density at radius 2 is 1.83 bits per heavy atom. The monoisotopic (exact) mass is 313 g/mol. The van der Waals surface area contributed by atoms with E-state index in [4.69, 9.17) is 9.84 Å². The van der Waals surface area contributed by atoms with Gasteiger partial charge in [-0.05, 0) is 55.8 Å². The molecule has 0 aromatic heterocycles. The van der Waals surface area contributed by atoms with Crippen LogP contribution in [0.1, 0.15) is 41.0 Å². The first-order chi connectivity index (χ1) is 11.0. The molecule has 0 spiro atoms. The zero-order valence-corrected chi connectivity index (χ0v) is 13.1. The van der Waals surface area contributed by atoms with Crippen LogP contribution in [-0.4, -0.2) is 23.1 Å².